The molecule has 2 rings (SSSR count). The normalized spacial score (nSPS) is 25.8. The van der Waals surface area contributed by atoms with E-state index in [2.05, 4.69) is 33.7 Å². The van der Waals surface area contributed by atoms with Crippen LogP contribution in [0, 0.1) is 11.8 Å². The van der Waals surface area contributed by atoms with E-state index >= 15 is 0 Å². The summed E-state index contributed by atoms with van der Waals surface area (Å²) >= 11 is 5.77. The topological polar surface area (TPSA) is 67.9 Å². The molecule has 0 aromatic carbocycles. The Morgan fingerprint density at radius 2 is 2.00 bits per heavy atom. The number of anilines is 2. The Kier molecular flexibility index (Phi) is 3.14. The van der Waals surface area contributed by atoms with Crippen LogP contribution in [0.5, 0.6) is 0 Å². The van der Waals surface area contributed by atoms with Crippen molar-refractivity contribution in [1.82, 2.24) is 15.0 Å². The van der Waals surface area contributed by atoms with E-state index in [4.69, 9.17) is 17.3 Å². The fourth-order valence-electron chi connectivity index (χ4n) is 1.94. The summed E-state index contributed by atoms with van der Waals surface area (Å²) in [6, 6.07) is 0. The van der Waals surface area contributed by atoms with Crippen molar-refractivity contribution in [3.05, 3.63) is 5.28 Å². The minimum Gasteiger partial charge on any atom is -0.368 e. The van der Waals surface area contributed by atoms with Crippen molar-refractivity contribution < 1.29 is 0 Å². The molecule has 2 atom stereocenters. The predicted octanol–water partition coefficient (Wildman–Crippen LogP) is 1.59. The molecule has 16 heavy (non-hydrogen) atoms. The molecule has 88 valence electrons. The molecule has 2 heterocycles. The van der Waals surface area contributed by atoms with E-state index in [9.17, 15) is 0 Å². The number of hydrogen-bond acceptors (Lipinski definition) is 5. The van der Waals surface area contributed by atoms with Crippen molar-refractivity contribution in [3.8, 4) is 0 Å². The van der Waals surface area contributed by atoms with Crippen molar-refractivity contribution in [2.45, 2.75) is 20.3 Å². The minimum absolute atomic E-state index is 0.161. The molecule has 1 aromatic heterocycles. The predicted molar refractivity (Wildman–Crippen MR) is 64.4 cm³/mol. The van der Waals surface area contributed by atoms with Crippen molar-refractivity contribution >= 4 is 23.5 Å². The van der Waals surface area contributed by atoms with Gasteiger partial charge in [0.05, 0.1) is 0 Å². The summed E-state index contributed by atoms with van der Waals surface area (Å²) in [5, 5.41) is 0.161. The van der Waals surface area contributed by atoms with Gasteiger partial charge in [0.2, 0.25) is 17.2 Å². The maximum Gasteiger partial charge on any atom is 0.231 e. The van der Waals surface area contributed by atoms with Gasteiger partial charge in [0.15, 0.2) is 0 Å². The van der Waals surface area contributed by atoms with Gasteiger partial charge >= 0.3 is 0 Å². The van der Waals surface area contributed by atoms with E-state index in [1.807, 2.05) is 0 Å². The highest BCUT2D eigenvalue weighted by Gasteiger charge is 2.24. The molecule has 2 N–H and O–H groups in total. The number of rotatable bonds is 1. The van der Waals surface area contributed by atoms with Crippen molar-refractivity contribution in [2.75, 3.05) is 23.7 Å². The van der Waals surface area contributed by atoms with Gasteiger partial charge in [0.25, 0.3) is 0 Å². The van der Waals surface area contributed by atoms with Crippen LogP contribution in [0.2, 0.25) is 5.28 Å². The molecule has 0 radical (unpaired) electrons. The van der Waals surface area contributed by atoms with Crippen LogP contribution < -0.4 is 10.6 Å². The molecular weight excluding hydrogens is 226 g/mol. The SMILES string of the molecule is CC1CCN(c2nc(N)nc(Cl)n2)CC1C. The van der Waals surface area contributed by atoms with Crippen LogP contribution in [0.4, 0.5) is 11.9 Å². The van der Waals surface area contributed by atoms with E-state index in [0.717, 1.165) is 25.4 Å². The van der Waals surface area contributed by atoms with E-state index in [1.54, 1.807) is 0 Å². The number of halogens is 1. The Hall–Kier alpha value is -1.10. The molecule has 1 aromatic rings. The van der Waals surface area contributed by atoms with Gasteiger partial charge in [-0.3, -0.25) is 0 Å². The van der Waals surface area contributed by atoms with E-state index < -0.39 is 0 Å². The van der Waals surface area contributed by atoms with Crippen LogP contribution in [0.3, 0.4) is 0 Å². The largest absolute Gasteiger partial charge is 0.368 e. The third-order valence-corrected chi connectivity index (χ3v) is 3.40. The first-order chi connectivity index (χ1) is 7.56. The van der Waals surface area contributed by atoms with Gasteiger partial charge in [-0.05, 0) is 29.9 Å². The van der Waals surface area contributed by atoms with Crippen LogP contribution in [0.1, 0.15) is 20.3 Å². The molecule has 2 unspecified atom stereocenters. The summed E-state index contributed by atoms with van der Waals surface area (Å²) < 4.78 is 0. The molecule has 1 saturated heterocycles. The molecule has 0 aliphatic carbocycles. The van der Waals surface area contributed by atoms with Crippen LogP contribution in [0.15, 0.2) is 0 Å². The van der Waals surface area contributed by atoms with E-state index in [0.29, 0.717) is 11.9 Å². The number of nitrogens with two attached hydrogens (primary N) is 1. The Morgan fingerprint density at radius 3 is 2.62 bits per heavy atom. The van der Waals surface area contributed by atoms with Gasteiger partial charge in [-0.25, -0.2) is 0 Å². The minimum atomic E-state index is 0.161. The fraction of sp³-hybridized carbons (Fsp3) is 0.700. The van der Waals surface area contributed by atoms with Crippen LogP contribution in [-0.2, 0) is 0 Å². The lowest BCUT2D eigenvalue weighted by molar-refractivity contribution is 0.321. The van der Waals surface area contributed by atoms with Gasteiger partial charge in [-0.15, -0.1) is 0 Å². The number of piperidine rings is 1. The lowest BCUT2D eigenvalue weighted by Crippen LogP contribution is -2.39. The standard InChI is InChI=1S/C10H16ClN5/c1-6-3-4-16(5-7(6)2)10-14-8(11)13-9(12)15-10/h6-7H,3-5H2,1-2H3,(H2,12,13,14,15). The van der Waals surface area contributed by atoms with Crippen LogP contribution in [-0.4, -0.2) is 28.0 Å². The summed E-state index contributed by atoms with van der Waals surface area (Å²) in [4.78, 5) is 14.1. The van der Waals surface area contributed by atoms with Gasteiger partial charge < -0.3 is 10.6 Å². The molecule has 1 fully saturated rings. The zero-order chi connectivity index (χ0) is 11.7. The Morgan fingerprint density at radius 1 is 1.25 bits per heavy atom. The number of nitrogens with zero attached hydrogens (tertiary/aromatic N) is 4. The summed E-state index contributed by atoms with van der Waals surface area (Å²) in [6.45, 7) is 6.41. The second-order valence-corrected chi connectivity index (χ2v) is 4.79. The van der Waals surface area contributed by atoms with Gasteiger partial charge in [0.1, 0.15) is 0 Å². The van der Waals surface area contributed by atoms with Gasteiger partial charge in [-0.2, -0.15) is 15.0 Å². The Labute approximate surface area is 100 Å². The zero-order valence-electron chi connectivity index (χ0n) is 9.52. The van der Waals surface area contributed by atoms with Crippen LogP contribution in [0.25, 0.3) is 0 Å². The second kappa shape index (κ2) is 4.41. The molecule has 0 bridgehead atoms. The Balaban J connectivity index is 2.18. The monoisotopic (exact) mass is 241 g/mol. The molecular formula is C10H16ClN5. The zero-order valence-corrected chi connectivity index (χ0v) is 10.3. The molecule has 0 amide bonds. The maximum absolute atomic E-state index is 5.77. The Bertz CT molecular complexity index is 363. The number of hydrogen-bond donors (Lipinski definition) is 1. The molecule has 0 saturated carbocycles. The first-order valence-electron chi connectivity index (χ1n) is 5.48. The smallest absolute Gasteiger partial charge is 0.231 e. The summed E-state index contributed by atoms with van der Waals surface area (Å²) in [5.41, 5.74) is 5.55. The molecule has 6 heteroatoms. The lowest BCUT2D eigenvalue weighted by atomic mass is 9.89. The van der Waals surface area contributed by atoms with Crippen LogP contribution >= 0.6 is 11.6 Å². The maximum atomic E-state index is 5.77. The van der Waals surface area contributed by atoms with Crippen molar-refractivity contribution in [2.24, 2.45) is 11.8 Å². The highest BCUT2D eigenvalue weighted by Crippen LogP contribution is 2.25. The average molecular weight is 242 g/mol. The molecule has 1 aliphatic heterocycles. The van der Waals surface area contributed by atoms with E-state index in [-0.39, 0.29) is 11.2 Å². The highest BCUT2D eigenvalue weighted by atomic mass is 35.5. The summed E-state index contributed by atoms with van der Waals surface area (Å²) in [6.07, 6.45) is 1.14. The quantitative estimate of drug-likeness (QED) is 0.809. The van der Waals surface area contributed by atoms with Gasteiger partial charge in [-0.1, -0.05) is 13.8 Å². The van der Waals surface area contributed by atoms with Crippen molar-refractivity contribution in [1.29, 1.82) is 0 Å². The number of nitrogen functional groups attached to an aromatic ring is 1. The first kappa shape index (κ1) is 11.4. The second-order valence-electron chi connectivity index (χ2n) is 4.45. The number of aromatic nitrogens is 3. The molecule has 5 nitrogen and oxygen atoms in total. The molecule has 0 spiro atoms. The lowest BCUT2D eigenvalue weighted by Gasteiger charge is -2.35. The van der Waals surface area contributed by atoms with Gasteiger partial charge in [0, 0.05) is 13.1 Å². The highest BCUT2D eigenvalue weighted by molar-refractivity contribution is 6.28. The average Bonchev–Trinajstić information content (AvgIpc) is 2.20. The molecule has 1 aliphatic rings. The summed E-state index contributed by atoms with van der Waals surface area (Å²) in [5.74, 6) is 2.15. The third-order valence-electron chi connectivity index (χ3n) is 3.23. The fourth-order valence-corrected chi connectivity index (χ4v) is 2.10. The summed E-state index contributed by atoms with van der Waals surface area (Å²) in [7, 11) is 0. The van der Waals surface area contributed by atoms with E-state index in [1.165, 1.54) is 0 Å². The first-order valence-corrected chi connectivity index (χ1v) is 5.86. The third kappa shape index (κ3) is 2.35. The van der Waals surface area contributed by atoms with Crippen molar-refractivity contribution in [3.63, 3.8) is 0 Å².